The van der Waals surface area contributed by atoms with Gasteiger partial charge in [0.05, 0.1) is 19.4 Å². The number of esters is 1. The van der Waals surface area contributed by atoms with E-state index in [-0.39, 0.29) is 5.97 Å². The zero-order valence-corrected chi connectivity index (χ0v) is 17.3. The lowest BCUT2D eigenvalue weighted by Gasteiger charge is -2.16. The molecule has 0 aliphatic rings. The highest BCUT2D eigenvalue weighted by atomic mass is 32.2. The Morgan fingerprint density at radius 2 is 1.77 bits per heavy atom. The number of carbonyl (C=O) groups excluding carboxylic acids is 1. The fourth-order valence-electron chi connectivity index (χ4n) is 3.08. The first-order valence-corrected chi connectivity index (χ1v) is 10.5. The van der Waals surface area contributed by atoms with Crippen molar-refractivity contribution in [3.8, 4) is 11.6 Å². The minimum absolute atomic E-state index is 0.303. The van der Waals surface area contributed by atoms with Crippen molar-refractivity contribution in [3.63, 3.8) is 0 Å². The van der Waals surface area contributed by atoms with E-state index in [4.69, 9.17) is 9.15 Å². The lowest BCUT2D eigenvalue weighted by Crippen LogP contribution is -2.14. The molecule has 0 amide bonds. The number of thioether (sulfide) groups is 1. The summed E-state index contributed by atoms with van der Waals surface area (Å²) in [5, 5.41) is 8.81. The molecule has 2 aromatic heterocycles. The lowest BCUT2D eigenvalue weighted by atomic mass is 10.1. The first-order chi connectivity index (χ1) is 14.8. The van der Waals surface area contributed by atoms with Crippen molar-refractivity contribution >= 4 is 17.7 Å². The number of rotatable bonds is 8. The molecule has 0 aliphatic heterocycles. The second-order valence-electron chi connectivity index (χ2n) is 6.52. The van der Waals surface area contributed by atoms with Crippen LogP contribution in [0.3, 0.4) is 0 Å². The number of carbonyl (C=O) groups is 1. The molecule has 30 heavy (non-hydrogen) atoms. The zero-order valence-electron chi connectivity index (χ0n) is 16.5. The van der Waals surface area contributed by atoms with Crippen LogP contribution in [-0.2, 0) is 16.1 Å². The minimum Gasteiger partial charge on any atom is -0.465 e. The first-order valence-electron chi connectivity index (χ1n) is 9.65. The van der Waals surface area contributed by atoms with Crippen molar-refractivity contribution in [2.75, 3.05) is 6.61 Å². The number of hydrogen-bond donors (Lipinski definition) is 0. The summed E-state index contributed by atoms with van der Waals surface area (Å²) in [6.07, 6.45) is 1.61. The molecule has 0 N–H and O–H groups in total. The Morgan fingerprint density at radius 1 is 1.03 bits per heavy atom. The van der Waals surface area contributed by atoms with Gasteiger partial charge in [-0.05, 0) is 30.2 Å². The average molecular weight is 420 g/mol. The van der Waals surface area contributed by atoms with E-state index in [0.29, 0.717) is 29.9 Å². The normalized spacial score (nSPS) is 11.9. The van der Waals surface area contributed by atoms with Gasteiger partial charge in [-0.1, -0.05) is 72.4 Å². The monoisotopic (exact) mass is 419 g/mol. The summed E-state index contributed by atoms with van der Waals surface area (Å²) in [5.41, 5.74) is 1.95. The van der Waals surface area contributed by atoms with Crippen LogP contribution in [0.2, 0.25) is 0 Å². The van der Waals surface area contributed by atoms with Crippen LogP contribution in [-0.4, -0.2) is 27.3 Å². The third-order valence-corrected chi connectivity index (χ3v) is 5.68. The van der Waals surface area contributed by atoms with Gasteiger partial charge in [0.25, 0.3) is 0 Å². The molecule has 2 aromatic carbocycles. The quantitative estimate of drug-likeness (QED) is 0.296. The molecule has 0 fully saturated rings. The molecule has 0 aliphatic carbocycles. The maximum Gasteiger partial charge on any atom is 0.324 e. The average Bonchev–Trinajstić information content (AvgIpc) is 3.44. The van der Waals surface area contributed by atoms with Crippen LogP contribution in [0.4, 0.5) is 0 Å². The molecule has 4 aromatic rings. The van der Waals surface area contributed by atoms with Crippen LogP contribution in [0.25, 0.3) is 11.6 Å². The molecule has 0 unspecified atom stereocenters. The van der Waals surface area contributed by atoms with E-state index in [1.807, 2.05) is 77.4 Å². The van der Waals surface area contributed by atoms with Crippen molar-refractivity contribution in [1.82, 2.24) is 14.8 Å². The van der Waals surface area contributed by atoms with Crippen molar-refractivity contribution in [2.24, 2.45) is 0 Å². The lowest BCUT2D eigenvalue weighted by molar-refractivity contribution is -0.142. The molecule has 0 spiro atoms. The number of hydrogen-bond acceptors (Lipinski definition) is 6. The first kappa shape index (κ1) is 20.0. The molecule has 0 bridgehead atoms. The van der Waals surface area contributed by atoms with Gasteiger partial charge in [-0.15, -0.1) is 10.2 Å². The molecule has 4 rings (SSSR count). The number of aromatic nitrogens is 3. The molecule has 0 saturated carbocycles. The van der Waals surface area contributed by atoms with Gasteiger partial charge in [0.15, 0.2) is 10.9 Å². The zero-order chi connectivity index (χ0) is 20.8. The number of furan rings is 1. The molecule has 0 saturated heterocycles. The number of benzene rings is 2. The summed E-state index contributed by atoms with van der Waals surface area (Å²) < 4.78 is 12.9. The maximum atomic E-state index is 12.7. The predicted molar refractivity (Wildman–Crippen MR) is 115 cm³/mol. The van der Waals surface area contributed by atoms with Gasteiger partial charge in [-0.25, -0.2) is 0 Å². The molecule has 7 heteroatoms. The van der Waals surface area contributed by atoms with Crippen molar-refractivity contribution < 1.29 is 13.9 Å². The van der Waals surface area contributed by atoms with Crippen LogP contribution >= 0.6 is 11.8 Å². The summed E-state index contributed by atoms with van der Waals surface area (Å²) in [6, 6.07) is 23.3. The van der Waals surface area contributed by atoms with Crippen LogP contribution in [0.15, 0.2) is 88.6 Å². The summed E-state index contributed by atoms with van der Waals surface area (Å²) in [4.78, 5) is 12.7. The molecule has 1 atom stereocenters. The van der Waals surface area contributed by atoms with Crippen molar-refractivity contribution in [2.45, 2.75) is 23.9 Å². The van der Waals surface area contributed by atoms with Crippen LogP contribution in [0.1, 0.15) is 23.3 Å². The Hall–Kier alpha value is -3.32. The second kappa shape index (κ2) is 9.45. The van der Waals surface area contributed by atoms with Crippen molar-refractivity contribution in [3.05, 3.63) is 90.2 Å². The maximum absolute atomic E-state index is 12.7. The predicted octanol–water partition coefficient (Wildman–Crippen LogP) is 4.98. The van der Waals surface area contributed by atoms with E-state index in [1.54, 1.807) is 13.2 Å². The van der Waals surface area contributed by atoms with E-state index in [2.05, 4.69) is 10.2 Å². The Labute approximate surface area is 178 Å². The number of nitrogens with zero attached hydrogens (tertiary/aromatic N) is 3. The summed E-state index contributed by atoms with van der Waals surface area (Å²) in [5.74, 6) is 0.933. The van der Waals surface area contributed by atoms with Gasteiger partial charge in [0, 0.05) is 0 Å². The van der Waals surface area contributed by atoms with Crippen LogP contribution in [0.5, 0.6) is 0 Å². The highest BCUT2D eigenvalue weighted by Gasteiger charge is 2.27. The van der Waals surface area contributed by atoms with Gasteiger partial charge >= 0.3 is 5.97 Å². The van der Waals surface area contributed by atoms with Gasteiger partial charge in [0.1, 0.15) is 5.25 Å². The van der Waals surface area contributed by atoms with E-state index >= 15 is 0 Å². The highest BCUT2D eigenvalue weighted by Crippen LogP contribution is 2.37. The Kier molecular flexibility index (Phi) is 6.29. The van der Waals surface area contributed by atoms with Crippen LogP contribution < -0.4 is 0 Å². The summed E-state index contributed by atoms with van der Waals surface area (Å²) >= 11 is 1.33. The SMILES string of the molecule is CCOC(=O)[C@@H](Sc1nnc(-c2ccco2)n1Cc1ccccc1)c1ccccc1. The fraction of sp³-hybridized carbons (Fsp3) is 0.174. The molecular weight excluding hydrogens is 398 g/mol. The van der Waals surface area contributed by atoms with E-state index < -0.39 is 5.25 Å². The third kappa shape index (κ3) is 4.46. The van der Waals surface area contributed by atoms with Gasteiger partial charge in [0.2, 0.25) is 5.82 Å². The standard InChI is InChI=1S/C23H21N3O3S/c1-2-28-22(27)20(18-12-7-4-8-13-18)30-23-25-24-21(19-14-9-15-29-19)26(23)16-17-10-5-3-6-11-17/h3-15,20H,2,16H2,1H3/t20-/m0/s1. The smallest absolute Gasteiger partial charge is 0.324 e. The van der Waals surface area contributed by atoms with Crippen LogP contribution in [0, 0.1) is 0 Å². The second-order valence-corrected chi connectivity index (χ2v) is 7.59. The summed E-state index contributed by atoms with van der Waals surface area (Å²) in [6.45, 7) is 2.67. The number of ether oxygens (including phenoxy) is 1. The van der Waals surface area contributed by atoms with E-state index in [1.165, 1.54) is 11.8 Å². The molecular formula is C23H21N3O3S. The molecule has 6 nitrogen and oxygen atoms in total. The van der Waals surface area contributed by atoms with E-state index in [9.17, 15) is 4.79 Å². The molecule has 2 heterocycles. The van der Waals surface area contributed by atoms with Crippen molar-refractivity contribution in [1.29, 1.82) is 0 Å². The third-order valence-electron chi connectivity index (χ3n) is 4.47. The summed E-state index contributed by atoms with van der Waals surface area (Å²) in [7, 11) is 0. The highest BCUT2D eigenvalue weighted by molar-refractivity contribution is 8.00. The minimum atomic E-state index is -0.547. The van der Waals surface area contributed by atoms with Gasteiger partial charge in [-0.3, -0.25) is 9.36 Å². The molecule has 152 valence electrons. The Bertz CT molecular complexity index is 1080. The molecule has 0 radical (unpaired) electrons. The fourth-order valence-corrected chi connectivity index (χ4v) is 4.11. The topological polar surface area (TPSA) is 70.2 Å². The van der Waals surface area contributed by atoms with E-state index in [0.717, 1.165) is 11.1 Å². The van der Waals surface area contributed by atoms with Gasteiger partial charge in [-0.2, -0.15) is 0 Å². The Morgan fingerprint density at radius 3 is 2.43 bits per heavy atom. The Balaban J connectivity index is 1.72. The largest absolute Gasteiger partial charge is 0.465 e. The van der Waals surface area contributed by atoms with Gasteiger partial charge < -0.3 is 9.15 Å².